The van der Waals surface area contributed by atoms with Crippen LogP contribution in [0.15, 0.2) is 69.9 Å². The predicted octanol–water partition coefficient (Wildman–Crippen LogP) is 3.53. The summed E-state index contributed by atoms with van der Waals surface area (Å²) in [6.07, 6.45) is -0.894. The normalized spacial score (nSPS) is 12.1. The third-order valence-electron chi connectivity index (χ3n) is 5.49. The Bertz CT molecular complexity index is 1340. The van der Waals surface area contributed by atoms with Crippen LogP contribution in [0.5, 0.6) is 11.5 Å². The minimum atomic E-state index is -0.894. The number of likely N-dealkylation sites (N-methyl/N-ethyl adjacent to an activating group) is 1. The first-order valence-corrected chi connectivity index (χ1v) is 10.1. The van der Waals surface area contributed by atoms with Crippen molar-refractivity contribution in [3.8, 4) is 11.5 Å². The van der Waals surface area contributed by atoms with Gasteiger partial charge in [-0.3, -0.25) is 4.79 Å². The predicted molar refractivity (Wildman–Crippen MR) is 121 cm³/mol. The van der Waals surface area contributed by atoms with E-state index in [4.69, 9.17) is 9.15 Å². The second-order valence-corrected chi connectivity index (χ2v) is 7.67. The lowest BCUT2D eigenvalue weighted by Crippen LogP contribution is -2.34. The van der Waals surface area contributed by atoms with Gasteiger partial charge >= 0.3 is 5.63 Å². The quantitative estimate of drug-likeness (QED) is 0.356. The molecule has 0 aliphatic carbocycles. The van der Waals surface area contributed by atoms with Crippen LogP contribution in [0.2, 0.25) is 0 Å². The van der Waals surface area contributed by atoms with Crippen molar-refractivity contribution in [3.63, 3.8) is 0 Å². The van der Waals surface area contributed by atoms with Gasteiger partial charge in [0.2, 0.25) is 0 Å². The number of hydrogen-bond acceptors (Lipinski definition) is 6. The summed E-state index contributed by atoms with van der Waals surface area (Å²) >= 11 is 0. The number of phenolic OH excluding ortho intramolecular Hbond substituents is 1. The summed E-state index contributed by atoms with van der Waals surface area (Å²) in [7, 11) is 1.58. The molecule has 7 nitrogen and oxygen atoms in total. The van der Waals surface area contributed by atoms with Gasteiger partial charge in [0, 0.05) is 18.0 Å². The molecule has 0 aliphatic heterocycles. The number of nitrogens with zero attached hydrogens (tertiary/aromatic N) is 1. The summed E-state index contributed by atoms with van der Waals surface area (Å²) < 4.78 is 11.2. The highest BCUT2D eigenvalue weighted by molar-refractivity contribution is 6.05. The molecule has 0 aliphatic rings. The fraction of sp³-hybridized carbons (Fsp3) is 0.200. The largest absolute Gasteiger partial charge is 0.508 e. The van der Waals surface area contributed by atoms with E-state index < -0.39 is 11.7 Å². The van der Waals surface area contributed by atoms with Gasteiger partial charge in [-0.05, 0) is 48.2 Å². The number of carbonyl (C=O) groups excluding carboxylic acids is 1. The molecule has 1 heterocycles. The highest BCUT2D eigenvalue weighted by Gasteiger charge is 2.17. The van der Waals surface area contributed by atoms with Gasteiger partial charge < -0.3 is 24.3 Å². The summed E-state index contributed by atoms with van der Waals surface area (Å²) in [4.78, 5) is 26.2. The van der Waals surface area contributed by atoms with E-state index in [-0.39, 0.29) is 24.8 Å². The lowest BCUT2D eigenvalue weighted by Gasteiger charge is -2.21. The zero-order valence-electron chi connectivity index (χ0n) is 17.7. The Morgan fingerprint density at radius 2 is 1.72 bits per heavy atom. The van der Waals surface area contributed by atoms with Crippen LogP contribution in [0.25, 0.3) is 21.7 Å². The molecule has 0 saturated heterocycles. The van der Waals surface area contributed by atoms with Gasteiger partial charge in [0.25, 0.3) is 5.91 Å². The smallest absolute Gasteiger partial charge is 0.344 e. The molecule has 0 saturated carbocycles. The zero-order chi connectivity index (χ0) is 22.8. The molecule has 3 aromatic carbocycles. The molecular weight excluding hydrogens is 410 g/mol. The van der Waals surface area contributed by atoms with Gasteiger partial charge in [-0.1, -0.05) is 30.3 Å². The van der Waals surface area contributed by atoms with Gasteiger partial charge in [0.1, 0.15) is 17.1 Å². The summed E-state index contributed by atoms with van der Waals surface area (Å²) in [6.45, 7) is 1.62. The molecule has 7 heteroatoms. The van der Waals surface area contributed by atoms with E-state index in [1.54, 1.807) is 44.3 Å². The first-order chi connectivity index (χ1) is 15.3. The van der Waals surface area contributed by atoms with Gasteiger partial charge in [0.05, 0.1) is 18.0 Å². The molecule has 0 spiro atoms. The van der Waals surface area contributed by atoms with E-state index in [2.05, 4.69) is 0 Å². The third kappa shape index (κ3) is 4.15. The first kappa shape index (κ1) is 21.4. The summed E-state index contributed by atoms with van der Waals surface area (Å²) in [5.74, 6) is 0.229. The molecule has 4 aromatic rings. The number of aryl methyl sites for hydroxylation is 1. The number of ether oxygens (including phenoxy) is 1. The highest BCUT2D eigenvalue weighted by atomic mass is 16.5. The lowest BCUT2D eigenvalue weighted by atomic mass is 10.0. The molecule has 1 unspecified atom stereocenters. The van der Waals surface area contributed by atoms with Gasteiger partial charge in [-0.2, -0.15) is 0 Å². The van der Waals surface area contributed by atoms with Crippen LogP contribution in [0.1, 0.15) is 17.2 Å². The second-order valence-electron chi connectivity index (χ2n) is 7.67. The number of fused-ring (bicyclic) bond motifs is 3. The molecule has 1 atom stereocenters. The Morgan fingerprint density at radius 3 is 2.44 bits per heavy atom. The van der Waals surface area contributed by atoms with Gasteiger partial charge in [0.15, 0.2) is 6.61 Å². The van der Waals surface area contributed by atoms with E-state index in [0.29, 0.717) is 27.8 Å². The maximum absolute atomic E-state index is 12.5. The van der Waals surface area contributed by atoms with Crippen molar-refractivity contribution in [3.05, 3.63) is 82.2 Å². The minimum absolute atomic E-state index is 0.0739. The maximum atomic E-state index is 12.5. The molecule has 32 heavy (non-hydrogen) atoms. The van der Waals surface area contributed by atoms with Crippen molar-refractivity contribution in [2.75, 3.05) is 20.2 Å². The van der Waals surface area contributed by atoms with E-state index >= 15 is 0 Å². The molecule has 0 fully saturated rings. The molecule has 4 rings (SSSR count). The number of hydrogen-bond donors (Lipinski definition) is 2. The number of aromatic hydroxyl groups is 1. The number of rotatable bonds is 6. The fourth-order valence-electron chi connectivity index (χ4n) is 3.63. The third-order valence-corrected chi connectivity index (χ3v) is 5.49. The summed E-state index contributed by atoms with van der Waals surface area (Å²) in [5, 5.41) is 21.8. The van der Waals surface area contributed by atoms with E-state index in [9.17, 15) is 19.8 Å². The van der Waals surface area contributed by atoms with Crippen LogP contribution in [0.4, 0.5) is 0 Å². The fourth-order valence-corrected chi connectivity index (χ4v) is 3.63. The average molecular weight is 433 g/mol. The Morgan fingerprint density at radius 1 is 1.03 bits per heavy atom. The Kier molecular flexibility index (Phi) is 5.83. The summed E-state index contributed by atoms with van der Waals surface area (Å²) in [5.41, 5.74) is 1.23. The van der Waals surface area contributed by atoms with Crippen LogP contribution in [-0.4, -0.2) is 41.2 Å². The van der Waals surface area contributed by atoms with E-state index in [1.807, 2.05) is 18.2 Å². The van der Waals surface area contributed by atoms with E-state index in [0.717, 1.165) is 10.8 Å². The minimum Gasteiger partial charge on any atom is -0.508 e. The zero-order valence-corrected chi connectivity index (χ0v) is 17.7. The molecule has 1 aromatic heterocycles. The van der Waals surface area contributed by atoms with Gasteiger partial charge in [-0.15, -0.1) is 0 Å². The van der Waals surface area contributed by atoms with Crippen LogP contribution in [0, 0.1) is 6.92 Å². The monoisotopic (exact) mass is 433 g/mol. The molecule has 2 N–H and O–H groups in total. The lowest BCUT2D eigenvalue weighted by molar-refractivity contribution is -0.133. The van der Waals surface area contributed by atoms with Crippen molar-refractivity contribution in [1.29, 1.82) is 0 Å². The Hall–Kier alpha value is -3.84. The summed E-state index contributed by atoms with van der Waals surface area (Å²) in [6, 6.07) is 17.0. The van der Waals surface area contributed by atoms with Gasteiger partial charge in [-0.25, -0.2) is 4.79 Å². The van der Waals surface area contributed by atoms with Crippen LogP contribution in [-0.2, 0) is 4.79 Å². The van der Waals surface area contributed by atoms with Crippen molar-refractivity contribution in [1.82, 2.24) is 4.90 Å². The van der Waals surface area contributed by atoms with Crippen molar-refractivity contribution >= 4 is 27.6 Å². The first-order valence-electron chi connectivity index (χ1n) is 10.1. The SMILES string of the molecule is Cc1c(OCC(=O)N(C)CC(O)c2ccc(O)cc2)ccc2c1oc(=O)c1ccccc12. The Balaban J connectivity index is 1.48. The molecule has 0 radical (unpaired) electrons. The Labute approximate surface area is 184 Å². The molecular formula is C25H23NO6. The molecule has 164 valence electrons. The average Bonchev–Trinajstić information content (AvgIpc) is 2.79. The molecule has 1 amide bonds. The van der Waals surface area contributed by atoms with Crippen molar-refractivity contribution in [2.45, 2.75) is 13.0 Å². The van der Waals surface area contributed by atoms with Crippen molar-refractivity contribution < 1.29 is 24.2 Å². The van der Waals surface area contributed by atoms with E-state index in [1.165, 1.54) is 17.0 Å². The maximum Gasteiger partial charge on any atom is 0.344 e. The number of phenols is 1. The number of benzene rings is 3. The number of amides is 1. The van der Waals surface area contributed by atoms with Crippen molar-refractivity contribution in [2.24, 2.45) is 0 Å². The molecule has 0 bridgehead atoms. The number of aliphatic hydroxyl groups excluding tert-OH is 1. The number of carbonyl (C=O) groups is 1. The van der Waals surface area contributed by atoms with Crippen LogP contribution in [0.3, 0.4) is 0 Å². The number of aliphatic hydroxyl groups is 1. The second kappa shape index (κ2) is 8.72. The van der Waals surface area contributed by atoms with Crippen LogP contribution < -0.4 is 10.4 Å². The highest BCUT2D eigenvalue weighted by Crippen LogP contribution is 2.30. The van der Waals surface area contributed by atoms with Crippen LogP contribution >= 0.6 is 0 Å². The topological polar surface area (TPSA) is 100 Å². The standard InChI is InChI=1S/C25H23NO6/c1-15-22(12-11-19-18-5-3-4-6-20(18)25(30)32-24(15)19)31-14-23(29)26(2)13-21(28)16-7-9-17(27)10-8-16/h3-12,21,27-28H,13-14H2,1-2H3.